The summed E-state index contributed by atoms with van der Waals surface area (Å²) in [5, 5.41) is 0.667. The minimum Gasteiger partial charge on any atom is -0.330 e. The highest BCUT2D eigenvalue weighted by atomic mass is 16.1. The lowest BCUT2D eigenvalue weighted by Gasteiger charge is -2.30. The second-order valence-corrected chi connectivity index (χ2v) is 5.94. The summed E-state index contributed by atoms with van der Waals surface area (Å²) in [4.78, 5) is 22.1. The molecule has 0 saturated carbocycles. The van der Waals surface area contributed by atoms with E-state index in [2.05, 4.69) is 14.9 Å². The van der Waals surface area contributed by atoms with Gasteiger partial charge >= 0.3 is 0 Å². The minimum absolute atomic E-state index is 0.0458. The van der Waals surface area contributed by atoms with Crippen molar-refractivity contribution in [3.05, 3.63) is 39.9 Å². The summed E-state index contributed by atoms with van der Waals surface area (Å²) >= 11 is 0. The summed E-state index contributed by atoms with van der Waals surface area (Å²) in [6, 6.07) is 5.71. The Hall–Kier alpha value is -1.72. The molecule has 0 bridgehead atoms. The Morgan fingerprint density at radius 1 is 1.38 bits per heavy atom. The third-order valence-corrected chi connectivity index (χ3v) is 4.40. The first-order valence-electron chi connectivity index (χ1n) is 7.58. The summed E-state index contributed by atoms with van der Waals surface area (Å²) in [7, 11) is 0. The molecule has 0 radical (unpaired) electrons. The second kappa shape index (κ2) is 5.95. The molecule has 0 unspecified atom stereocenters. The number of H-pyrrole nitrogens is 1. The van der Waals surface area contributed by atoms with Crippen molar-refractivity contribution in [1.82, 2.24) is 14.9 Å². The Morgan fingerprint density at radius 2 is 2.14 bits per heavy atom. The first-order valence-corrected chi connectivity index (χ1v) is 7.58. The molecule has 1 aromatic carbocycles. The van der Waals surface area contributed by atoms with Crippen LogP contribution in [0.15, 0.2) is 23.0 Å². The standard InChI is InChI=1S/C16H22N4O/c1-11-3-2-4-13-15(11)18-14(19-16(13)21)10-20-7-5-12(9-17)6-8-20/h2-4,12H,5-10,17H2,1H3,(H,18,19,21). The van der Waals surface area contributed by atoms with Crippen molar-refractivity contribution in [2.24, 2.45) is 11.7 Å². The number of hydrogen-bond donors (Lipinski definition) is 2. The number of aromatic amines is 1. The van der Waals surface area contributed by atoms with Gasteiger partial charge in [-0.2, -0.15) is 0 Å². The van der Waals surface area contributed by atoms with Gasteiger partial charge in [0, 0.05) is 0 Å². The van der Waals surface area contributed by atoms with Crippen LogP contribution >= 0.6 is 0 Å². The number of fused-ring (bicyclic) bond motifs is 1. The molecule has 1 aliphatic rings. The number of hydrogen-bond acceptors (Lipinski definition) is 4. The van der Waals surface area contributed by atoms with E-state index in [-0.39, 0.29) is 5.56 Å². The Labute approximate surface area is 124 Å². The Balaban J connectivity index is 1.82. The number of nitrogens with one attached hydrogen (secondary N) is 1. The molecule has 1 saturated heterocycles. The van der Waals surface area contributed by atoms with Crippen LogP contribution in [0.2, 0.25) is 0 Å². The summed E-state index contributed by atoms with van der Waals surface area (Å²) in [5.74, 6) is 1.40. The zero-order valence-electron chi connectivity index (χ0n) is 12.4. The van der Waals surface area contributed by atoms with Crippen molar-refractivity contribution in [2.45, 2.75) is 26.3 Å². The maximum atomic E-state index is 12.2. The molecule has 1 aromatic heterocycles. The van der Waals surface area contributed by atoms with Gasteiger partial charge in [0.2, 0.25) is 0 Å². The van der Waals surface area contributed by atoms with Crippen LogP contribution in [0.25, 0.3) is 10.9 Å². The largest absolute Gasteiger partial charge is 0.330 e. The van der Waals surface area contributed by atoms with Crippen LogP contribution in [0.1, 0.15) is 24.2 Å². The Kier molecular flexibility index (Phi) is 4.03. The van der Waals surface area contributed by atoms with E-state index < -0.39 is 0 Å². The van der Waals surface area contributed by atoms with Gasteiger partial charge in [0.1, 0.15) is 5.82 Å². The second-order valence-electron chi connectivity index (χ2n) is 5.94. The summed E-state index contributed by atoms with van der Waals surface area (Å²) in [6.07, 6.45) is 2.26. The number of para-hydroxylation sites is 1. The fourth-order valence-corrected chi connectivity index (χ4v) is 3.02. The molecular weight excluding hydrogens is 264 g/mol. The van der Waals surface area contributed by atoms with Gasteiger partial charge < -0.3 is 10.7 Å². The van der Waals surface area contributed by atoms with E-state index in [0.29, 0.717) is 17.8 Å². The molecule has 0 atom stereocenters. The number of rotatable bonds is 3. The SMILES string of the molecule is Cc1cccc2c(=O)[nH]c(CN3CCC(CN)CC3)nc12. The molecule has 0 spiro atoms. The Morgan fingerprint density at radius 3 is 2.86 bits per heavy atom. The molecule has 1 aliphatic heterocycles. The lowest BCUT2D eigenvalue weighted by atomic mass is 9.97. The van der Waals surface area contributed by atoms with Crippen molar-refractivity contribution in [3.63, 3.8) is 0 Å². The van der Waals surface area contributed by atoms with E-state index in [1.54, 1.807) is 0 Å². The molecule has 5 nitrogen and oxygen atoms in total. The van der Waals surface area contributed by atoms with Crippen LogP contribution in [0.4, 0.5) is 0 Å². The summed E-state index contributed by atoms with van der Waals surface area (Å²) < 4.78 is 0. The maximum absolute atomic E-state index is 12.2. The molecule has 5 heteroatoms. The zero-order valence-corrected chi connectivity index (χ0v) is 12.4. The van der Waals surface area contributed by atoms with Crippen molar-refractivity contribution >= 4 is 10.9 Å². The van der Waals surface area contributed by atoms with Crippen molar-refractivity contribution < 1.29 is 0 Å². The van der Waals surface area contributed by atoms with Crippen LogP contribution in [0.3, 0.4) is 0 Å². The predicted octanol–water partition coefficient (Wildman–Crippen LogP) is 1.40. The van der Waals surface area contributed by atoms with Crippen LogP contribution in [-0.2, 0) is 6.54 Å². The highest BCUT2D eigenvalue weighted by molar-refractivity contribution is 5.80. The van der Waals surface area contributed by atoms with Gasteiger partial charge in [-0.25, -0.2) is 4.98 Å². The molecule has 3 rings (SSSR count). The number of aromatic nitrogens is 2. The number of likely N-dealkylation sites (tertiary alicyclic amines) is 1. The molecule has 0 amide bonds. The highest BCUT2D eigenvalue weighted by Crippen LogP contribution is 2.18. The average molecular weight is 286 g/mol. The van der Waals surface area contributed by atoms with Crippen LogP contribution in [-0.4, -0.2) is 34.5 Å². The normalized spacial score (nSPS) is 17.4. The maximum Gasteiger partial charge on any atom is 0.258 e. The van der Waals surface area contributed by atoms with Crippen LogP contribution in [0.5, 0.6) is 0 Å². The van der Waals surface area contributed by atoms with E-state index in [1.807, 2.05) is 25.1 Å². The number of benzene rings is 1. The number of nitrogens with two attached hydrogens (primary N) is 1. The molecule has 21 heavy (non-hydrogen) atoms. The summed E-state index contributed by atoms with van der Waals surface area (Å²) in [5.41, 5.74) is 7.53. The van der Waals surface area contributed by atoms with Crippen molar-refractivity contribution in [3.8, 4) is 0 Å². The van der Waals surface area contributed by atoms with E-state index in [4.69, 9.17) is 5.73 Å². The van der Waals surface area contributed by atoms with E-state index in [1.165, 1.54) is 0 Å². The smallest absolute Gasteiger partial charge is 0.258 e. The zero-order chi connectivity index (χ0) is 14.8. The van der Waals surface area contributed by atoms with Gasteiger partial charge in [0.25, 0.3) is 5.56 Å². The number of nitrogens with zero attached hydrogens (tertiary/aromatic N) is 2. The van der Waals surface area contributed by atoms with Gasteiger partial charge in [-0.05, 0) is 56.9 Å². The minimum atomic E-state index is -0.0458. The molecule has 2 heterocycles. The van der Waals surface area contributed by atoms with E-state index in [9.17, 15) is 4.79 Å². The molecule has 1 fully saturated rings. The fraction of sp³-hybridized carbons (Fsp3) is 0.500. The monoisotopic (exact) mass is 286 g/mol. The Bertz CT molecular complexity index is 686. The van der Waals surface area contributed by atoms with Gasteiger partial charge in [0.05, 0.1) is 17.4 Å². The van der Waals surface area contributed by atoms with Gasteiger partial charge in [-0.3, -0.25) is 9.69 Å². The third-order valence-electron chi connectivity index (χ3n) is 4.40. The quantitative estimate of drug-likeness (QED) is 0.894. The number of aryl methyl sites for hydroxylation is 1. The lowest BCUT2D eigenvalue weighted by Crippen LogP contribution is -2.36. The first kappa shape index (κ1) is 14.2. The summed E-state index contributed by atoms with van der Waals surface area (Å²) in [6.45, 7) is 5.52. The predicted molar refractivity (Wildman–Crippen MR) is 84.2 cm³/mol. The van der Waals surface area contributed by atoms with Crippen LogP contribution in [0, 0.1) is 12.8 Å². The van der Waals surface area contributed by atoms with Gasteiger partial charge in [-0.1, -0.05) is 12.1 Å². The van der Waals surface area contributed by atoms with E-state index >= 15 is 0 Å². The highest BCUT2D eigenvalue weighted by Gasteiger charge is 2.19. The molecule has 0 aliphatic carbocycles. The topological polar surface area (TPSA) is 75.0 Å². The van der Waals surface area contributed by atoms with Crippen molar-refractivity contribution in [1.29, 1.82) is 0 Å². The fourth-order valence-electron chi connectivity index (χ4n) is 3.02. The average Bonchev–Trinajstić information content (AvgIpc) is 2.49. The van der Waals surface area contributed by atoms with Gasteiger partial charge in [-0.15, -0.1) is 0 Å². The molecule has 112 valence electrons. The van der Waals surface area contributed by atoms with Crippen molar-refractivity contribution in [2.75, 3.05) is 19.6 Å². The van der Waals surface area contributed by atoms with E-state index in [0.717, 1.165) is 49.4 Å². The first-order chi connectivity index (χ1) is 10.2. The molecule has 3 N–H and O–H groups in total. The van der Waals surface area contributed by atoms with Crippen LogP contribution < -0.4 is 11.3 Å². The molecular formula is C16H22N4O. The van der Waals surface area contributed by atoms with Gasteiger partial charge in [0.15, 0.2) is 0 Å². The number of piperidine rings is 1. The lowest BCUT2D eigenvalue weighted by molar-refractivity contribution is 0.177. The third kappa shape index (κ3) is 2.99. The molecule has 2 aromatic rings.